The van der Waals surface area contributed by atoms with E-state index in [1.807, 2.05) is 6.07 Å². The summed E-state index contributed by atoms with van der Waals surface area (Å²) in [7, 11) is 1.65. The number of aromatic amines is 1. The SMILES string of the molecule is Cn1nc(N2CCCCC2CNC(=O)c2cc(C3CC3)[nH]n2)ccc1=O. The summed E-state index contributed by atoms with van der Waals surface area (Å²) in [6, 6.07) is 5.33. The number of carbonyl (C=O) groups excluding carboxylic acids is 1. The first-order valence-corrected chi connectivity index (χ1v) is 9.26. The summed E-state index contributed by atoms with van der Waals surface area (Å²) in [5.74, 6) is 1.18. The molecule has 2 fully saturated rings. The summed E-state index contributed by atoms with van der Waals surface area (Å²) in [5.41, 5.74) is 1.39. The van der Waals surface area contributed by atoms with Gasteiger partial charge in [0, 0.05) is 43.9 Å². The first-order valence-electron chi connectivity index (χ1n) is 9.26. The average molecular weight is 356 g/mol. The second-order valence-corrected chi connectivity index (χ2v) is 7.19. The molecule has 1 atom stereocenters. The van der Waals surface area contributed by atoms with Crippen molar-refractivity contribution in [2.45, 2.75) is 44.1 Å². The van der Waals surface area contributed by atoms with E-state index in [-0.39, 0.29) is 17.5 Å². The number of aryl methyl sites for hydroxylation is 1. The Labute approximate surface area is 151 Å². The van der Waals surface area contributed by atoms with Gasteiger partial charge >= 0.3 is 0 Å². The maximum atomic E-state index is 12.4. The molecular weight excluding hydrogens is 332 g/mol. The third kappa shape index (κ3) is 3.49. The largest absolute Gasteiger partial charge is 0.350 e. The van der Waals surface area contributed by atoms with E-state index in [1.165, 1.54) is 23.6 Å². The van der Waals surface area contributed by atoms with Crippen LogP contribution in [-0.2, 0) is 7.05 Å². The molecule has 4 rings (SSSR count). The lowest BCUT2D eigenvalue weighted by Gasteiger charge is -2.36. The Bertz CT molecular complexity index is 853. The van der Waals surface area contributed by atoms with Gasteiger partial charge in [0.2, 0.25) is 0 Å². The molecule has 0 spiro atoms. The molecule has 1 saturated heterocycles. The molecule has 1 unspecified atom stereocenters. The van der Waals surface area contributed by atoms with Crippen molar-refractivity contribution >= 4 is 11.7 Å². The number of H-pyrrole nitrogens is 1. The molecule has 26 heavy (non-hydrogen) atoms. The monoisotopic (exact) mass is 356 g/mol. The van der Waals surface area contributed by atoms with Crippen molar-refractivity contribution in [1.82, 2.24) is 25.3 Å². The molecule has 2 aliphatic rings. The van der Waals surface area contributed by atoms with Crippen LogP contribution in [0.4, 0.5) is 5.82 Å². The molecule has 8 nitrogen and oxygen atoms in total. The molecule has 0 bridgehead atoms. The summed E-state index contributed by atoms with van der Waals surface area (Å²) in [4.78, 5) is 26.2. The number of hydrogen-bond acceptors (Lipinski definition) is 5. The van der Waals surface area contributed by atoms with Crippen LogP contribution in [0.15, 0.2) is 23.0 Å². The van der Waals surface area contributed by atoms with Crippen LogP contribution in [0.2, 0.25) is 0 Å². The molecule has 1 amide bonds. The highest BCUT2D eigenvalue weighted by molar-refractivity contribution is 5.92. The Morgan fingerprint density at radius 2 is 2.15 bits per heavy atom. The van der Waals surface area contributed by atoms with E-state index in [0.717, 1.165) is 37.3 Å². The van der Waals surface area contributed by atoms with Gasteiger partial charge in [0.25, 0.3) is 11.5 Å². The van der Waals surface area contributed by atoms with Crippen LogP contribution in [0.3, 0.4) is 0 Å². The number of anilines is 1. The Kier molecular flexibility index (Phi) is 4.48. The molecule has 138 valence electrons. The van der Waals surface area contributed by atoms with Crippen LogP contribution in [0, 0.1) is 0 Å². The Balaban J connectivity index is 1.42. The van der Waals surface area contributed by atoms with Crippen molar-refractivity contribution < 1.29 is 4.79 Å². The summed E-state index contributed by atoms with van der Waals surface area (Å²) in [6.07, 6.45) is 5.54. The van der Waals surface area contributed by atoms with Crippen LogP contribution in [0.5, 0.6) is 0 Å². The van der Waals surface area contributed by atoms with Gasteiger partial charge in [-0.25, -0.2) is 4.68 Å². The van der Waals surface area contributed by atoms with E-state index in [0.29, 0.717) is 18.2 Å². The van der Waals surface area contributed by atoms with Crippen molar-refractivity contribution in [2.75, 3.05) is 18.0 Å². The molecule has 1 saturated carbocycles. The highest BCUT2D eigenvalue weighted by Crippen LogP contribution is 2.38. The number of rotatable bonds is 5. The molecule has 0 radical (unpaired) electrons. The van der Waals surface area contributed by atoms with Crippen LogP contribution in [0.25, 0.3) is 0 Å². The lowest BCUT2D eigenvalue weighted by Crippen LogP contribution is -2.47. The first-order chi connectivity index (χ1) is 12.6. The van der Waals surface area contributed by atoms with Crippen LogP contribution >= 0.6 is 0 Å². The Morgan fingerprint density at radius 3 is 2.92 bits per heavy atom. The standard InChI is InChI=1S/C18H24N6O2/c1-23-17(25)8-7-16(22-23)24-9-3-2-4-13(24)11-19-18(26)15-10-14(20-21-15)12-5-6-12/h7-8,10,12-13H,2-6,9,11H2,1H3,(H,19,26)(H,20,21). The van der Waals surface area contributed by atoms with E-state index in [2.05, 4.69) is 25.5 Å². The second-order valence-electron chi connectivity index (χ2n) is 7.19. The maximum Gasteiger partial charge on any atom is 0.271 e. The zero-order chi connectivity index (χ0) is 18.1. The van der Waals surface area contributed by atoms with Gasteiger partial charge in [-0.15, -0.1) is 0 Å². The lowest BCUT2D eigenvalue weighted by atomic mass is 10.0. The Hall–Kier alpha value is -2.64. The normalized spacial score (nSPS) is 20.2. The predicted octanol–water partition coefficient (Wildman–Crippen LogP) is 1.17. The number of nitrogens with one attached hydrogen (secondary N) is 2. The first kappa shape index (κ1) is 16.8. The van der Waals surface area contributed by atoms with Crippen molar-refractivity contribution in [1.29, 1.82) is 0 Å². The highest BCUT2D eigenvalue weighted by atomic mass is 16.2. The minimum absolute atomic E-state index is 0.124. The molecular formula is C18H24N6O2. The minimum Gasteiger partial charge on any atom is -0.350 e. The fourth-order valence-electron chi connectivity index (χ4n) is 3.52. The summed E-state index contributed by atoms with van der Waals surface area (Å²) >= 11 is 0. The Morgan fingerprint density at radius 1 is 1.31 bits per heavy atom. The van der Waals surface area contributed by atoms with Crippen LogP contribution in [0.1, 0.15) is 54.2 Å². The molecule has 0 aromatic carbocycles. The van der Waals surface area contributed by atoms with Gasteiger partial charge in [0.15, 0.2) is 0 Å². The van der Waals surface area contributed by atoms with Gasteiger partial charge in [-0.2, -0.15) is 10.2 Å². The van der Waals surface area contributed by atoms with E-state index in [9.17, 15) is 9.59 Å². The van der Waals surface area contributed by atoms with E-state index >= 15 is 0 Å². The number of amides is 1. The molecule has 1 aliphatic carbocycles. The second kappa shape index (κ2) is 6.93. The average Bonchev–Trinajstić information content (AvgIpc) is 3.39. The third-order valence-electron chi connectivity index (χ3n) is 5.21. The highest BCUT2D eigenvalue weighted by Gasteiger charge is 2.27. The van der Waals surface area contributed by atoms with E-state index in [1.54, 1.807) is 13.1 Å². The van der Waals surface area contributed by atoms with Crippen LogP contribution < -0.4 is 15.8 Å². The van der Waals surface area contributed by atoms with Gasteiger partial charge in [0.05, 0.1) is 0 Å². The molecule has 2 N–H and O–H groups in total. The number of nitrogens with zero attached hydrogens (tertiary/aromatic N) is 4. The summed E-state index contributed by atoms with van der Waals surface area (Å²) in [6.45, 7) is 1.41. The predicted molar refractivity (Wildman–Crippen MR) is 97.4 cm³/mol. The van der Waals surface area contributed by atoms with E-state index in [4.69, 9.17) is 0 Å². The van der Waals surface area contributed by atoms with Crippen molar-refractivity contribution in [2.24, 2.45) is 7.05 Å². The van der Waals surface area contributed by atoms with Gasteiger partial charge in [-0.3, -0.25) is 14.7 Å². The summed E-state index contributed by atoms with van der Waals surface area (Å²) < 4.78 is 1.35. The number of carbonyl (C=O) groups is 1. The molecule has 8 heteroatoms. The van der Waals surface area contributed by atoms with Crippen molar-refractivity contribution in [3.63, 3.8) is 0 Å². The fraction of sp³-hybridized carbons (Fsp3) is 0.556. The molecule has 2 aromatic heterocycles. The van der Waals surface area contributed by atoms with Gasteiger partial charge < -0.3 is 10.2 Å². The van der Waals surface area contributed by atoms with Crippen molar-refractivity contribution in [3.05, 3.63) is 39.9 Å². The van der Waals surface area contributed by atoms with E-state index < -0.39 is 0 Å². The lowest BCUT2D eigenvalue weighted by molar-refractivity contribution is 0.0944. The topological polar surface area (TPSA) is 95.9 Å². The molecule has 3 heterocycles. The zero-order valence-electron chi connectivity index (χ0n) is 14.9. The zero-order valence-corrected chi connectivity index (χ0v) is 14.9. The smallest absolute Gasteiger partial charge is 0.271 e. The summed E-state index contributed by atoms with van der Waals surface area (Å²) in [5, 5.41) is 14.5. The van der Waals surface area contributed by atoms with Gasteiger partial charge in [-0.05, 0) is 44.2 Å². The van der Waals surface area contributed by atoms with Gasteiger partial charge in [0.1, 0.15) is 11.5 Å². The van der Waals surface area contributed by atoms with Gasteiger partial charge in [-0.1, -0.05) is 0 Å². The number of piperidine rings is 1. The maximum absolute atomic E-state index is 12.4. The van der Waals surface area contributed by atoms with Crippen molar-refractivity contribution in [3.8, 4) is 0 Å². The molecule has 1 aliphatic heterocycles. The number of aromatic nitrogens is 4. The number of hydrogen-bond donors (Lipinski definition) is 2. The minimum atomic E-state index is -0.146. The fourth-order valence-corrected chi connectivity index (χ4v) is 3.52. The van der Waals surface area contributed by atoms with Crippen LogP contribution in [-0.4, -0.2) is 45.0 Å². The quantitative estimate of drug-likeness (QED) is 0.838. The third-order valence-corrected chi connectivity index (χ3v) is 5.21. The molecule has 2 aromatic rings.